The Balaban J connectivity index is 1.29. The van der Waals surface area contributed by atoms with E-state index in [9.17, 15) is 24.5 Å². The molecule has 2 N–H and O–H groups in total. The van der Waals surface area contributed by atoms with Crippen LogP contribution in [-0.4, -0.2) is 68.2 Å². The highest BCUT2D eigenvalue weighted by Gasteiger charge is 2.59. The molecule has 0 spiro atoms. The lowest BCUT2D eigenvalue weighted by Crippen LogP contribution is -2.66. The number of imide groups is 3. The Bertz CT molecular complexity index is 2130. The van der Waals surface area contributed by atoms with Crippen molar-refractivity contribution < 1.29 is 38.3 Å². The van der Waals surface area contributed by atoms with E-state index in [1.807, 2.05) is 73.7 Å². The molecule has 3 amide bonds. The fourth-order valence-electron chi connectivity index (χ4n) is 9.25. The number of ether oxygens (including phenoxy) is 1. The van der Waals surface area contributed by atoms with Gasteiger partial charge in [0.05, 0.1) is 31.7 Å². The third kappa shape index (κ3) is 6.99. The topological polar surface area (TPSA) is 123 Å². The van der Waals surface area contributed by atoms with E-state index < -0.39 is 57.2 Å². The lowest BCUT2D eigenvalue weighted by molar-refractivity contribution is -0.137. The third-order valence-corrected chi connectivity index (χ3v) is 16.7. The number of hydrogen-bond acceptors (Lipinski definition) is 8. The van der Waals surface area contributed by atoms with Crippen molar-refractivity contribution in [1.82, 2.24) is 4.90 Å². The Morgan fingerprint density at radius 3 is 2.15 bits per heavy atom. The highest BCUT2D eigenvalue weighted by atomic mass is 28.4. The first kappa shape index (κ1) is 38.5. The molecular weight excluding hydrogens is 709 g/mol. The predicted molar refractivity (Wildman–Crippen MR) is 216 cm³/mol. The number of nitrogens with zero attached hydrogens (tertiary/aromatic N) is 1. The number of rotatable bonds is 9. The highest BCUT2D eigenvalue weighted by molar-refractivity contribution is 6.99. The second-order valence-electron chi connectivity index (χ2n) is 16.0. The van der Waals surface area contributed by atoms with E-state index in [-0.39, 0.29) is 30.1 Å². The molecule has 7 rings (SSSR count). The van der Waals surface area contributed by atoms with E-state index in [4.69, 9.17) is 13.8 Å². The molecule has 1 aliphatic carbocycles. The standard InChI is InChI=1S/C44H48BNO8Si/c1-28(24-29-21-22-37(47)34-19-13-12-18-33(29)34)20-23-38-39-30(25-35-40(36(39)26-45(51)54-38)42(49)46(41(35)48)43(50)52-5)27-53-55(44(2,3)4,31-14-8-6-9-15-31)32-16-10-7-11-17-32/h6-19,21-22,24,35-36,38,40,47,51H,20,23,25-27H2,1-5H3/b28-24+/t35-,36+,38-,40-/m1/s1. The second-order valence-corrected chi connectivity index (χ2v) is 20.3. The summed E-state index contributed by atoms with van der Waals surface area (Å²) in [6.07, 6.45) is 1.98. The van der Waals surface area contributed by atoms with Gasteiger partial charge in [-0.25, -0.2) is 4.79 Å². The van der Waals surface area contributed by atoms with Gasteiger partial charge in [-0.1, -0.05) is 123 Å². The van der Waals surface area contributed by atoms with Crippen LogP contribution in [0.25, 0.3) is 16.8 Å². The van der Waals surface area contributed by atoms with Crippen molar-refractivity contribution in [3.8, 4) is 5.75 Å². The minimum Gasteiger partial charge on any atom is -0.507 e. The molecule has 4 atom stereocenters. The normalized spacial score (nSPS) is 21.9. The third-order valence-electron chi connectivity index (χ3n) is 11.7. The predicted octanol–water partition coefficient (Wildman–Crippen LogP) is 6.87. The fourth-order valence-corrected chi connectivity index (χ4v) is 13.8. The van der Waals surface area contributed by atoms with Crippen LogP contribution < -0.4 is 10.4 Å². The number of amides is 3. The average molecular weight is 758 g/mol. The Morgan fingerprint density at radius 2 is 1.53 bits per heavy atom. The van der Waals surface area contributed by atoms with Crippen LogP contribution in [0.1, 0.15) is 52.5 Å². The smallest absolute Gasteiger partial charge is 0.455 e. The number of benzene rings is 4. The minimum absolute atomic E-state index is 0.109. The van der Waals surface area contributed by atoms with Crippen LogP contribution >= 0.6 is 0 Å². The molecule has 4 aromatic carbocycles. The van der Waals surface area contributed by atoms with Crippen molar-refractivity contribution in [1.29, 1.82) is 0 Å². The first-order valence-electron chi connectivity index (χ1n) is 19.0. The molecule has 9 nitrogen and oxygen atoms in total. The van der Waals surface area contributed by atoms with Crippen molar-refractivity contribution in [2.75, 3.05) is 13.7 Å². The van der Waals surface area contributed by atoms with Crippen molar-refractivity contribution >= 4 is 60.6 Å². The molecule has 11 heteroatoms. The number of carbonyl (C=O) groups is 3. The summed E-state index contributed by atoms with van der Waals surface area (Å²) in [4.78, 5) is 41.3. The summed E-state index contributed by atoms with van der Waals surface area (Å²) < 4.78 is 18.6. The number of aromatic hydroxyl groups is 1. The minimum atomic E-state index is -3.02. The summed E-state index contributed by atoms with van der Waals surface area (Å²) in [5.41, 5.74) is 3.79. The Morgan fingerprint density at radius 1 is 0.909 bits per heavy atom. The monoisotopic (exact) mass is 757 g/mol. The number of carbonyl (C=O) groups excluding carboxylic acids is 3. The molecule has 4 aromatic rings. The van der Waals surface area contributed by atoms with Gasteiger partial charge in [-0.15, -0.1) is 0 Å². The molecule has 0 radical (unpaired) electrons. The zero-order chi connectivity index (χ0) is 39.1. The van der Waals surface area contributed by atoms with Crippen molar-refractivity contribution in [3.05, 3.63) is 119 Å². The summed E-state index contributed by atoms with van der Waals surface area (Å²) in [6, 6.07) is 32.0. The Labute approximate surface area is 323 Å². The van der Waals surface area contributed by atoms with Gasteiger partial charge < -0.3 is 23.9 Å². The zero-order valence-electron chi connectivity index (χ0n) is 32.0. The number of methoxy groups -OCH3 is 1. The first-order chi connectivity index (χ1) is 26.4. The number of phenolic OH excluding ortho intramolecular Hbond substituents is 1. The van der Waals surface area contributed by atoms with Gasteiger partial charge >= 0.3 is 13.2 Å². The molecule has 55 heavy (non-hydrogen) atoms. The van der Waals surface area contributed by atoms with Crippen LogP contribution in [0.15, 0.2) is 114 Å². The fraction of sp³-hybridized carbons (Fsp3) is 0.341. The summed E-state index contributed by atoms with van der Waals surface area (Å²) >= 11 is 0. The lowest BCUT2D eigenvalue weighted by Gasteiger charge is -2.46. The maximum absolute atomic E-state index is 14.0. The highest BCUT2D eigenvalue weighted by Crippen LogP contribution is 2.51. The molecule has 0 bridgehead atoms. The Kier molecular flexibility index (Phi) is 10.8. The van der Waals surface area contributed by atoms with Gasteiger partial charge in [0.2, 0.25) is 11.8 Å². The molecule has 2 fully saturated rings. The first-order valence-corrected chi connectivity index (χ1v) is 20.9. The molecule has 0 aromatic heterocycles. The van der Waals surface area contributed by atoms with E-state index in [0.29, 0.717) is 17.7 Å². The lowest BCUT2D eigenvalue weighted by atomic mass is 9.58. The van der Waals surface area contributed by atoms with Crippen LogP contribution in [-0.2, 0) is 23.4 Å². The molecule has 0 saturated carbocycles. The summed E-state index contributed by atoms with van der Waals surface area (Å²) in [5.74, 6) is -3.13. The van der Waals surface area contributed by atoms with Crippen LogP contribution in [0.2, 0.25) is 11.4 Å². The molecular formula is C44H48BNO8Si. The molecule has 2 saturated heterocycles. The summed E-state index contributed by atoms with van der Waals surface area (Å²) in [7, 11) is -3.03. The molecule has 2 aliphatic heterocycles. The van der Waals surface area contributed by atoms with Gasteiger partial charge in [0.1, 0.15) is 5.75 Å². The van der Waals surface area contributed by atoms with Crippen molar-refractivity contribution in [2.45, 2.75) is 64.4 Å². The van der Waals surface area contributed by atoms with Gasteiger partial charge in [0, 0.05) is 5.39 Å². The maximum atomic E-state index is 14.0. The van der Waals surface area contributed by atoms with E-state index in [0.717, 1.165) is 50.5 Å². The van der Waals surface area contributed by atoms with Crippen molar-refractivity contribution in [3.63, 3.8) is 0 Å². The molecule has 3 aliphatic rings. The second kappa shape index (κ2) is 15.4. The molecule has 2 heterocycles. The van der Waals surface area contributed by atoms with Gasteiger partial charge in [-0.2, -0.15) is 4.90 Å². The number of hydrogen-bond donors (Lipinski definition) is 2. The van der Waals surface area contributed by atoms with Gasteiger partial charge in [0.25, 0.3) is 8.32 Å². The average Bonchev–Trinajstić information content (AvgIpc) is 3.43. The van der Waals surface area contributed by atoms with Gasteiger partial charge in [-0.05, 0) is 82.0 Å². The summed E-state index contributed by atoms with van der Waals surface area (Å²) in [5, 5.41) is 25.3. The van der Waals surface area contributed by atoms with Crippen LogP contribution in [0.3, 0.4) is 0 Å². The number of fused-ring (bicyclic) bond motifs is 4. The van der Waals surface area contributed by atoms with Gasteiger partial charge in [0.15, 0.2) is 0 Å². The van der Waals surface area contributed by atoms with E-state index >= 15 is 0 Å². The van der Waals surface area contributed by atoms with E-state index in [1.165, 1.54) is 0 Å². The Hall–Kier alpha value is -4.81. The zero-order valence-corrected chi connectivity index (χ0v) is 33.0. The van der Waals surface area contributed by atoms with E-state index in [2.05, 4.69) is 51.1 Å². The number of phenols is 1. The largest absolute Gasteiger partial charge is 0.507 e. The SMILES string of the molecule is COC(=O)N1C(=O)[C@@H]2[C@@H](CC(CO[Si](c3ccccc3)(c3ccccc3)C(C)(C)C)=C3[C@@H](CC/C(C)=C/c4ccc(O)c5ccccc45)OB(O)C[C@@H]32)C1=O. The van der Waals surface area contributed by atoms with Crippen LogP contribution in [0.5, 0.6) is 5.75 Å². The van der Waals surface area contributed by atoms with E-state index in [1.54, 1.807) is 6.07 Å². The van der Waals surface area contributed by atoms with Crippen LogP contribution in [0, 0.1) is 17.8 Å². The summed E-state index contributed by atoms with van der Waals surface area (Å²) in [6.45, 7) is 8.86. The number of allylic oxidation sites excluding steroid dienone is 1. The van der Waals surface area contributed by atoms with Crippen LogP contribution in [0.4, 0.5) is 4.79 Å². The van der Waals surface area contributed by atoms with Crippen molar-refractivity contribution in [2.24, 2.45) is 17.8 Å². The number of likely N-dealkylation sites (tertiary alicyclic amines) is 1. The molecule has 0 unspecified atom stereocenters. The molecule has 284 valence electrons. The van der Waals surface area contributed by atoms with Gasteiger partial charge in [-0.3, -0.25) is 9.59 Å². The maximum Gasteiger partial charge on any atom is 0.455 e. The quantitative estimate of drug-likeness (QED) is 0.108.